The van der Waals surface area contributed by atoms with E-state index in [-0.39, 0.29) is 10.6 Å². The van der Waals surface area contributed by atoms with Crippen molar-refractivity contribution in [1.82, 2.24) is 5.32 Å². The number of benzene rings is 2. The van der Waals surface area contributed by atoms with Crippen molar-refractivity contribution in [3.05, 3.63) is 75.8 Å². The molecule has 0 aliphatic heterocycles. The van der Waals surface area contributed by atoms with Gasteiger partial charge in [-0.05, 0) is 29.9 Å². The molecule has 0 spiro atoms. The molecule has 1 N–H and O–H groups in total. The van der Waals surface area contributed by atoms with Gasteiger partial charge in [-0.1, -0.05) is 42.5 Å². The molecule has 1 fully saturated rings. The molecular formula is C17H18N2O2. The van der Waals surface area contributed by atoms with Gasteiger partial charge >= 0.3 is 0 Å². The largest absolute Gasteiger partial charge is 0.310 e. The number of nitrogens with zero attached hydrogens (tertiary/aromatic N) is 1. The molecule has 0 aromatic heterocycles. The summed E-state index contributed by atoms with van der Waals surface area (Å²) >= 11 is 0. The second-order valence-corrected chi connectivity index (χ2v) is 5.58. The highest BCUT2D eigenvalue weighted by atomic mass is 16.6. The third-order valence-corrected chi connectivity index (χ3v) is 4.15. The minimum Gasteiger partial charge on any atom is -0.310 e. The van der Waals surface area contributed by atoms with Crippen molar-refractivity contribution in [1.29, 1.82) is 0 Å². The minimum atomic E-state index is -0.367. The van der Waals surface area contributed by atoms with Crippen LogP contribution < -0.4 is 5.32 Å². The van der Waals surface area contributed by atoms with E-state index < -0.39 is 0 Å². The SMILES string of the molecule is O=[N+]([O-])c1ccc(CNC2CC(c3ccccc3)C2)cc1. The maximum absolute atomic E-state index is 10.6. The van der Waals surface area contributed by atoms with E-state index in [1.54, 1.807) is 12.1 Å². The number of nitro groups is 1. The first-order valence-electron chi connectivity index (χ1n) is 7.24. The monoisotopic (exact) mass is 282 g/mol. The molecule has 0 atom stereocenters. The van der Waals surface area contributed by atoms with E-state index in [0.29, 0.717) is 12.0 Å². The summed E-state index contributed by atoms with van der Waals surface area (Å²) in [6, 6.07) is 17.9. The van der Waals surface area contributed by atoms with Gasteiger partial charge in [0.05, 0.1) is 4.92 Å². The Labute approximate surface area is 124 Å². The van der Waals surface area contributed by atoms with Gasteiger partial charge in [0, 0.05) is 24.7 Å². The molecule has 0 amide bonds. The molecule has 0 bridgehead atoms. The van der Waals surface area contributed by atoms with E-state index >= 15 is 0 Å². The lowest BCUT2D eigenvalue weighted by Crippen LogP contribution is -2.39. The molecule has 4 heteroatoms. The molecular weight excluding hydrogens is 264 g/mol. The van der Waals surface area contributed by atoms with Crippen LogP contribution in [0.5, 0.6) is 0 Å². The van der Waals surface area contributed by atoms with Crippen LogP contribution in [0.2, 0.25) is 0 Å². The van der Waals surface area contributed by atoms with Crippen LogP contribution in [-0.4, -0.2) is 11.0 Å². The Morgan fingerprint density at radius 3 is 2.33 bits per heavy atom. The molecule has 4 nitrogen and oxygen atoms in total. The maximum atomic E-state index is 10.6. The number of hydrogen-bond acceptors (Lipinski definition) is 3. The highest BCUT2D eigenvalue weighted by Gasteiger charge is 2.29. The lowest BCUT2D eigenvalue weighted by molar-refractivity contribution is -0.384. The van der Waals surface area contributed by atoms with Crippen molar-refractivity contribution in [2.24, 2.45) is 0 Å². The van der Waals surface area contributed by atoms with Crippen molar-refractivity contribution in [2.45, 2.75) is 31.3 Å². The van der Waals surface area contributed by atoms with Gasteiger partial charge in [-0.25, -0.2) is 0 Å². The van der Waals surface area contributed by atoms with Gasteiger partial charge in [0.25, 0.3) is 5.69 Å². The van der Waals surface area contributed by atoms with E-state index in [1.807, 2.05) is 18.2 Å². The lowest BCUT2D eigenvalue weighted by atomic mass is 9.76. The van der Waals surface area contributed by atoms with Crippen LogP contribution in [0.25, 0.3) is 0 Å². The Balaban J connectivity index is 1.46. The number of non-ortho nitro benzene ring substituents is 1. The van der Waals surface area contributed by atoms with Crippen LogP contribution in [0.15, 0.2) is 54.6 Å². The van der Waals surface area contributed by atoms with Gasteiger partial charge in [0.15, 0.2) is 0 Å². The van der Waals surface area contributed by atoms with Crippen molar-refractivity contribution in [3.8, 4) is 0 Å². The van der Waals surface area contributed by atoms with Crippen molar-refractivity contribution < 1.29 is 4.92 Å². The van der Waals surface area contributed by atoms with Crippen molar-refractivity contribution >= 4 is 5.69 Å². The molecule has 0 unspecified atom stereocenters. The zero-order valence-electron chi connectivity index (χ0n) is 11.7. The van der Waals surface area contributed by atoms with Crippen LogP contribution in [0.4, 0.5) is 5.69 Å². The molecule has 1 aliphatic carbocycles. The lowest BCUT2D eigenvalue weighted by Gasteiger charge is -2.36. The number of rotatable bonds is 5. The zero-order valence-corrected chi connectivity index (χ0v) is 11.7. The van der Waals surface area contributed by atoms with Gasteiger partial charge in [-0.2, -0.15) is 0 Å². The van der Waals surface area contributed by atoms with Crippen LogP contribution in [0.1, 0.15) is 29.9 Å². The fraction of sp³-hybridized carbons (Fsp3) is 0.294. The van der Waals surface area contributed by atoms with Crippen LogP contribution >= 0.6 is 0 Å². The second kappa shape index (κ2) is 6.06. The molecule has 1 aliphatic rings. The van der Waals surface area contributed by atoms with E-state index in [1.165, 1.54) is 5.56 Å². The van der Waals surface area contributed by atoms with Crippen molar-refractivity contribution in [2.75, 3.05) is 0 Å². The fourth-order valence-electron chi connectivity index (χ4n) is 2.78. The first-order valence-corrected chi connectivity index (χ1v) is 7.24. The number of nitrogens with one attached hydrogen (secondary N) is 1. The molecule has 0 heterocycles. The number of nitro benzene ring substituents is 1. The summed E-state index contributed by atoms with van der Waals surface area (Å²) in [6.07, 6.45) is 2.33. The molecule has 108 valence electrons. The molecule has 2 aromatic rings. The molecule has 1 saturated carbocycles. The smallest absolute Gasteiger partial charge is 0.269 e. The van der Waals surface area contributed by atoms with Crippen LogP contribution in [-0.2, 0) is 6.54 Å². The summed E-state index contributed by atoms with van der Waals surface area (Å²) in [5.74, 6) is 0.667. The Hall–Kier alpha value is -2.20. The number of hydrogen-bond donors (Lipinski definition) is 1. The Kier molecular flexibility index (Phi) is 3.97. The van der Waals surface area contributed by atoms with Crippen molar-refractivity contribution in [3.63, 3.8) is 0 Å². The quantitative estimate of drug-likeness (QED) is 0.673. The first kappa shape index (κ1) is 13.8. The zero-order chi connectivity index (χ0) is 14.7. The summed E-state index contributed by atoms with van der Waals surface area (Å²) in [5, 5.41) is 14.1. The first-order chi connectivity index (χ1) is 10.2. The molecule has 0 saturated heterocycles. The molecule has 21 heavy (non-hydrogen) atoms. The average Bonchev–Trinajstić information content (AvgIpc) is 2.47. The van der Waals surface area contributed by atoms with E-state index in [9.17, 15) is 10.1 Å². The van der Waals surface area contributed by atoms with Gasteiger partial charge in [0.2, 0.25) is 0 Å². The highest BCUT2D eigenvalue weighted by Crippen LogP contribution is 2.36. The normalized spacial score (nSPS) is 20.8. The standard InChI is InChI=1S/C17H18N2O2/c20-19(21)17-8-6-13(7-9-17)12-18-16-10-15(11-16)14-4-2-1-3-5-14/h1-9,15-16,18H,10-12H2. The molecule has 0 radical (unpaired) electrons. The van der Waals surface area contributed by atoms with Gasteiger partial charge in [-0.15, -0.1) is 0 Å². The average molecular weight is 282 g/mol. The predicted molar refractivity (Wildman–Crippen MR) is 82.1 cm³/mol. The third-order valence-electron chi connectivity index (χ3n) is 4.15. The highest BCUT2D eigenvalue weighted by molar-refractivity contribution is 5.33. The van der Waals surface area contributed by atoms with Gasteiger partial charge in [-0.3, -0.25) is 10.1 Å². The summed E-state index contributed by atoms with van der Waals surface area (Å²) in [4.78, 5) is 10.2. The van der Waals surface area contributed by atoms with Gasteiger partial charge < -0.3 is 5.32 Å². The predicted octanol–water partition coefficient (Wildman–Crippen LogP) is 3.63. The van der Waals surface area contributed by atoms with Crippen LogP contribution in [0.3, 0.4) is 0 Å². The van der Waals surface area contributed by atoms with E-state index in [2.05, 4.69) is 29.6 Å². The topological polar surface area (TPSA) is 55.2 Å². The van der Waals surface area contributed by atoms with Crippen LogP contribution in [0, 0.1) is 10.1 Å². The molecule has 2 aromatic carbocycles. The van der Waals surface area contributed by atoms with E-state index in [4.69, 9.17) is 0 Å². The summed E-state index contributed by atoms with van der Waals surface area (Å²) < 4.78 is 0. The van der Waals surface area contributed by atoms with Gasteiger partial charge in [0.1, 0.15) is 0 Å². The third kappa shape index (κ3) is 3.28. The summed E-state index contributed by atoms with van der Waals surface area (Å²) in [7, 11) is 0. The second-order valence-electron chi connectivity index (χ2n) is 5.58. The fourth-order valence-corrected chi connectivity index (χ4v) is 2.78. The summed E-state index contributed by atoms with van der Waals surface area (Å²) in [5.41, 5.74) is 2.65. The summed E-state index contributed by atoms with van der Waals surface area (Å²) in [6.45, 7) is 0.768. The Bertz CT molecular complexity index is 604. The molecule has 3 rings (SSSR count). The maximum Gasteiger partial charge on any atom is 0.269 e. The Morgan fingerprint density at radius 1 is 1.05 bits per heavy atom. The van der Waals surface area contributed by atoms with E-state index in [0.717, 1.165) is 24.9 Å². The Morgan fingerprint density at radius 2 is 1.71 bits per heavy atom. The minimum absolute atomic E-state index is 0.145.